The summed E-state index contributed by atoms with van der Waals surface area (Å²) in [6.07, 6.45) is 4.93. The molecule has 0 heterocycles. The van der Waals surface area contributed by atoms with Crippen molar-refractivity contribution in [2.45, 2.75) is 71.9 Å². The summed E-state index contributed by atoms with van der Waals surface area (Å²) in [4.78, 5) is 0. The standard InChI is InChI=1S/C15H29NO/c1-6-15(5,17)10-16-12-13(2,3)11-7-8-14(12,4)9-11/h11-12,16-17H,6-10H2,1-5H3/t11-,12?,14+,15?/m0/s1. The predicted molar refractivity (Wildman–Crippen MR) is 71.9 cm³/mol. The Kier molecular flexibility index (Phi) is 3.11. The van der Waals surface area contributed by atoms with E-state index in [1.165, 1.54) is 19.3 Å². The maximum atomic E-state index is 10.1. The third kappa shape index (κ3) is 2.15. The topological polar surface area (TPSA) is 32.3 Å². The first-order valence-corrected chi connectivity index (χ1v) is 7.17. The van der Waals surface area contributed by atoms with E-state index in [1.54, 1.807) is 0 Å². The van der Waals surface area contributed by atoms with E-state index >= 15 is 0 Å². The highest BCUT2D eigenvalue weighted by atomic mass is 16.3. The van der Waals surface area contributed by atoms with Crippen molar-refractivity contribution >= 4 is 0 Å². The van der Waals surface area contributed by atoms with Gasteiger partial charge in [0, 0.05) is 12.6 Å². The van der Waals surface area contributed by atoms with Crippen LogP contribution in [0.5, 0.6) is 0 Å². The number of hydrogen-bond acceptors (Lipinski definition) is 2. The van der Waals surface area contributed by atoms with E-state index in [0.29, 0.717) is 16.9 Å². The molecule has 2 aliphatic rings. The molecule has 100 valence electrons. The second-order valence-corrected chi connectivity index (χ2v) is 7.58. The van der Waals surface area contributed by atoms with Gasteiger partial charge in [0.2, 0.25) is 0 Å². The predicted octanol–water partition coefficient (Wildman–Crippen LogP) is 2.95. The van der Waals surface area contributed by atoms with Crippen molar-refractivity contribution in [3.8, 4) is 0 Å². The minimum absolute atomic E-state index is 0.386. The van der Waals surface area contributed by atoms with Crippen LogP contribution in [0.4, 0.5) is 0 Å². The van der Waals surface area contributed by atoms with Crippen LogP contribution in [0.2, 0.25) is 0 Å². The Labute approximate surface area is 106 Å². The monoisotopic (exact) mass is 239 g/mol. The number of aliphatic hydroxyl groups is 1. The van der Waals surface area contributed by atoms with Gasteiger partial charge in [-0.3, -0.25) is 0 Å². The molecule has 0 aromatic rings. The average Bonchev–Trinajstić information content (AvgIpc) is 2.68. The molecule has 0 saturated heterocycles. The highest BCUT2D eigenvalue weighted by Gasteiger charge is 2.59. The molecule has 0 aromatic heterocycles. The highest BCUT2D eigenvalue weighted by Crippen LogP contribution is 2.62. The summed E-state index contributed by atoms with van der Waals surface area (Å²) in [6.45, 7) is 11.9. The van der Waals surface area contributed by atoms with Crippen LogP contribution >= 0.6 is 0 Å². The first kappa shape index (κ1) is 13.4. The number of nitrogens with one attached hydrogen (secondary N) is 1. The molecule has 0 spiro atoms. The second kappa shape index (κ2) is 3.96. The fraction of sp³-hybridized carbons (Fsp3) is 1.00. The molecule has 2 bridgehead atoms. The molecule has 2 aliphatic carbocycles. The highest BCUT2D eigenvalue weighted by molar-refractivity contribution is 5.12. The lowest BCUT2D eigenvalue weighted by Gasteiger charge is -2.44. The molecule has 2 heteroatoms. The first-order chi connectivity index (χ1) is 7.71. The van der Waals surface area contributed by atoms with Gasteiger partial charge in [-0.25, -0.2) is 0 Å². The number of rotatable bonds is 4. The molecule has 0 amide bonds. The summed E-state index contributed by atoms with van der Waals surface area (Å²) < 4.78 is 0. The molecular formula is C15H29NO. The van der Waals surface area contributed by atoms with Crippen LogP contribution in [0.15, 0.2) is 0 Å². The average molecular weight is 239 g/mol. The van der Waals surface area contributed by atoms with E-state index in [0.717, 1.165) is 18.9 Å². The van der Waals surface area contributed by atoms with Gasteiger partial charge in [-0.2, -0.15) is 0 Å². The van der Waals surface area contributed by atoms with Crippen molar-refractivity contribution in [3.63, 3.8) is 0 Å². The van der Waals surface area contributed by atoms with Gasteiger partial charge in [0.15, 0.2) is 0 Å². The molecule has 0 radical (unpaired) electrons. The Morgan fingerprint density at radius 1 is 1.35 bits per heavy atom. The van der Waals surface area contributed by atoms with E-state index in [9.17, 15) is 5.11 Å². The van der Waals surface area contributed by atoms with Crippen LogP contribution < -0.4 is 5.32 Å². The van der Waals surface area contributed by atoms with Crippen molar-refractivity contribution in [3.05, 3.63) is 0 Å². The van der Waals surface area contributed by atoms with E-state index in [-0.39, 0.29) is 0 Å². The molecule has 0 aliphatic heterocycles. The lowest BCUT2D eigenvalue weighted by Crippen LogP contribution is -2.54. The van der Waals surface area contributed by atoms with Gasteiger partial charge in [0.05, 0.1) is 5.60 Å². The normalized spacial score (nSPS) is 42.7. The third-order valence-electron chi connectivity index (χ3n) is 5.72. The number of fused-ring (bicyclic) bond motifs is 2. The fourth-order valence-corrected chi connectivity index (χ4v) is 4.26. The maximum absolute atomic E-state index is 10.1. The van der Waals surface area contributed by atoms with Crippen LogP contribution in [0.1, 0.15) is 60.3 Å². The summed E-state index contributed by atoms with van der Waals surface area (Å²) in [7, 11) is 0. The van der Waals surface area contributed by atoms with E-state index in [4.69, 9.17) is 0 Å². The molecule has 4 atom stereocenters. The van der Waals surface area contributed by atoms with Crippen molar-refractivity contribution in [1.82, 2.24) is 5.32 Å². The SMILES string of the molecule is CCC(C)(O)CNC1C(C)(C)[C@H]2CC[C@]1(C)C2. The number of hydrogen-bond donors (Lipinski definition) is 2. The minimum Gasteiger partial charge on any atom is -0.389 e. The Morgan fingerprint density at radius 3 is 2.47 bits per heavy atom. The second-order valence-electron chi connectivity index (χ2n) is 7.58. The van der Waals surface area contributed by atoms with E-state index in [1.807, 2.05) is 6.92 Å². The van der Waals surface area contributed by atoms with Crippen LogP contribution in [0.3, 0.4) is 0 Å². The summed E-state index contributed by atoms with van der Waals surface area (Å²) in [5, 5.41) is 13.8. The summed E-state index contributed by atoms with van der Waals surface area (Å²) in [6, 6.07) is 0.562. The molecule has 2 unspecified atom stereocenters. The Hall–Kier alpha value is -0.0800. The first-order valence-electron chi connectivity index (χ1n) is 7.17. The summed E-state index contributed by atoms with van der Waals surface area (Å²) in [5.74, 6) is 0.872. The molecule has 2 N–H and O–H groups in total. The van der Waals surface area contributed by atoms with Crippen molar-refractivity contribution in [2.24, 2.45) is 16.7 Å². The Bertz CT molecular complexity index is 293. The lowest BCUT2D eigenvalue weighted by atomic mass is 9.68. The molecular weight excluding hydrogens is 210 g/mol. The zero-order valence-corrected chi connectivity index (χ0v) is 12.1. The van der Waals surface area contributed by atoms with Gasteiger partial charge in [-0.15, -0.1) is 0 Å². The minimum atomic E-state index is -0.561. The van der Waals surface area contributed by atoms with E-state index < -0.39 is 5.60 Å². The van der Waals surface area contributed by atoms with Crippen LogP contribution in [-0.2, 0) is 0 Å². The van der Waals surface area contributed by atoms with Crippen molar-refractivity contribution < 1.29 is 5.11 Å². The van der Waals surface area contributed by atoms with Crippen molar-refractivity contribution in [2.75, 3.05) is 6.54 Å². The van der Waals surface area contributed by atoms with Crippen molar-refractivity contribution in [1.29, 1.82) is 0 Å². The largest absolute Gasteiger partial charge is 0.389 e. The van der Waals surface area contributed by atoms with Crippen LogP contribution in [0.25, 0.3) is 0 Å². The van der Waals surface area contributed by atoms with Crippen LogP contribution in [-0.4, -0.2) is 23.3 Å². The maximum Gasteiger partial charge on any atom is 0.0741 e. The molecule has 2 fully saturated rings. The van der Waals surface area contributed by atoms with Gasteiger partial charge >= 0.3 is 0 Å². The quantitative estimate of drug-likeness (QED) is 0.790. The van der Waals surface area contributed by atoms with Gasteiger partial charge in [-0.1, -0.05) is 27.7 Å². The Balaban J connectivity index is 2.05. The molecule has 17 heavy (non-hydrogen) atoms. The zero-order valence-electron chi connectivity index (χ0n) is 12.1. The Morgan fingerprint density at radius 2 is 2.00 bits per heavy atom. The lowest BCUT2D eigenvalue weighted by molar-refractivity contribution is 0.0312. The summed E-state index contributed by atoms with van der Waals surface area (Å²) in [5.41, 5.74) is 0.281. The zero-order chi connectivity index (χ0) is 12.9. The van der Waals surface area contributed by atoms with Gasteiger partial charge in [0.25, 0.3) is 0 Å². The van der Waals surface area contributed by atoms with Gasteiger partial charge in [-0.05, 0) is 49.4 Å². The molecule has 2 rings (SSSR count). The summed E-state index contributed by atoms with van der Waals surface area (Å²) >= 11 is 0. The smallest absolute Gasteiger partial charge is 0.0741 e. The van der Waals surface area contributed by atoms with Crippen LogP contribution in [0, 0.1) is 16.7 Å². The molecule has 0 aromatic carbocycles. The molecule has 2 nitrogen and oxygen atoms in total. The van der Waals surface area contributed by atoms with Gasteiger partial charge < -0.3 is 10.4 Å². The third-order valence-corrected chi connectivity index (χ3v) is 5.72. The molecule has 2 saturated carbocycles. The van der Waals surface area contributed by atoms with Gasteiger partial charge in [0.1, 0.15) is 0 Å². The fourth-order valence-electron chi connectivity index (χ4n) is 4.26. The van der Waals surface area contributed by atoms with E-state index in [2.05, 4.69) is 33.0 Å².